The summed E-state index contributed by atoms with van der Waals surface area (Å²) in [6, 6.07) is 21.1. The van der Waals surface area contributed by atoms with Crippen molar-refractivity contribution in [2.75, 3.05) is 5.32 Å². The molecule has 0 aliphatic heterocycles. The molecule has 0 aromatic heterocycles. The first-order valence-electron chi connectivity index (χ1n) is 9.41. The zero-order chi connectivity index (χ0) is 19.8. The summed E-state index contributed by atoms with van der Waals surface area (Å²) in [7, 11) is 0. The van der Waals surface area contributed by atoms with E-state index < -0.39 is 5.97 Å². The third kappa shape index (κ3) is 5.30. The molecule has 0 spiro atoms. The van der Waals surface area contributed by atoms with E-state index in [2.05, 4.69) is 47.8 Å². The minimum atomic E-state index is -1.05. The van der Waals surface area contributed by atoms with Gasteiger partial charge in [-0.1, -0.05) is 60.7 Å². The summed E-state index contributed by atoms with van der Waals surface area (Å²) in [6.45, 7) is 0. The molecule has 2 N–H and O–H groups in total. The number of fused-ring (bicyclic) bond motifs is 1. The summed E-state index contributed by atoms with van der Waals surface area (Å²) in [5.41, 5.74) is 1.62. The Morgan fingerprint density at radius 1 is 0.893 bits per heavy atom. The molecule has 0 saturated carbocycles. The molecule has 0 atom stereocenters. The SMILES string of the molecule is O=C(CCCC/C=C/c1ccc2ccccc2c1)Nc1ccccc1C(=O)O. The average molecular weight is 373 g/mol. The van der Waals surface area contributed by atoms with Crippen molar-refractivity contribution in [1.29, 1.82) is 0 Å². The first kappa shape index (κ1) is 19.4. The van der Waals surface area contributed by atoms with Crippen molar-refractivity contribution >= 4 is 34.4 Å². The molecule has 0 radical (unpaired) electrons. The van der Waals surface area contributed by atoms with Crippen molar-refractivity contribution in [3.63, 3.8) is 0 Å². The highest BCUT2D eigenvalue weighted by Crippen LogP contribution is 2.17. The Morgan fingerprint density at radius 3 is 2.46 bits per heavy atom. The topological polar surface area (TPSA) is 66.4 Å². The van der Waals surface area contributed by atoms with Crippen LogP contribution in [0.4, 0.5) is 5.69 Å². The maximum Gasteiger partial charge on any atom is 0.337 e. The highest BCUT2D eigenvalue weighted by Gasteiger charge is 2.11. The summed E-state index contributed by atoms with van der Waals surface area (Å²) in [6.07, 6.45) is 7.15. The van der Waals surface area contributed by atoms with Gasteiger partial charge in [-0.05, 0) is 53.8 Å². The van der Waals surface area contributed by atoms with Gasteiger partial charge >= 0.3 is 5.97 Å². The molecule has 3 aromatic carbocycles. The van der Waals surface area contributed by atoms with E-state index in [1.807, 2.05) is 12.1 Å². The van der Waals surface area contributed by atoms with Gasteiger partial charge in [-0.2, -0.15) is 0 Å². The van der Waals surface area contributed by atoms with Gasteiger partial charge in [0.15, 0.2) is 0 Å². The minimum Gasteiger partial charge on any atom is -0.478 e. The number of amides is 1. The molecule has 1 amide bonds. The van der Waals surface area contributed by atoms with Crippen LogP contribution in [0.1, 0.15) is 41.6 Å². The average Bonchev–Trinajstić information content (AvgIpc) is 2.70. The number of benzene rings is 3. The lowest BCUT2D eigenvalue weighted by atomic mass is 10.1. The molecule has 0 unspecified atom stereocenters. The molecule has 0 heterocycles. The molecule has 0 aliphatic rings. The second-order valence-electron chi connectivity index (χ2n) is 6.65. The van der Waals surface area contributed by atoms with Crippen LogP contribution in [0.3, 0.4) is 0 Å². The van der Waals surface area contributed by atoms with Crippen LogP contribution >= 0.6 is 0 Å². The quantitative estimate of drug-likeness (QED) is 0.494. The Hall–Kier alpha value is -3.40. The van der Waals surface area contributed by atoms with E-state index in [0.717, 1.165) is 19.3 Å². The van der Waals surface area contributed by atoms with Crippen LogP contribution in [-0.4, -0.2) is 17.0 Å². The Balaban J connectivity index is 1.42. The third-order valence-electron chi connectivity index (χ3n) is 4.54. The predicted octanol–water partition coefficient (Wildman–Crippen LogP) is 5.75. The molecule has 142 valence electrons. The number of aromatic carboxylic acids is 1. The predicted molar refractivity (Wildman–Crippen MR) is 113 cm³/mol. The van der Waals surface area contributed by atoms with E-state index >= 15 is 0 Å². The number of hydrogen-bond donors (Lipinski definition) is 2. The van der Waals surface area contributed by atoms with Gasteiger partial charge in [0, 0.05) is 6.42 Å². The van der Waals surface area contributed by atoms with E-state index in [1.165, 1.54) is 22.4 Å². The lowest BCUT2D eigenvalue weighted by Crippen LogP contribution is -2.14. The normalized spacial score (nSPS) is 11.0. The first-order chi connectivity index (χ1) is 13.6. The van der Waals surface area contributed by atoms with Crippen molar-refractivity contribution in [1.82, 2.24) is 0 Å². The van der Waals surface area contributed by atoms with E-state index in [-0.39, 0.29) is 11.5 Å². The van der Waals surface area contributed by atoms with E-state index in [4.69, 9.17) is 5.11 Å². The van der Waals surface area contributed by atoms with Crippen LogP contribution in [0.15, 0.2) is 72.8 Å². The van der Waals surface area contributed by atoms with Crippen molar-refractivity contribution in [2.45, 2.75) is 25.7 Å². The van der Waals surface area contributed by atoms with Gasteiger partial charge in [0.25, 0.3) is 0 Å². The highest BCUT2D eigenvalue weighted by atomic mass is 16.4. The van der Waals surface area contributed by atoms with E-state index in [0.29, 0.717) is 12.1 Å². The van der Waals surface area contributed by atoms with Crippen molar-refractivity contribution in [3.05, 3.63) is 83.9 Å². The highest BCUT2D eigenvalue weighted by molar-refractivity contribution is 6.00. The number of carboxylic acid groups (broad SMARTS) is 1. The lowest BCUT2D eigenvalue weighted by Gasteiger charge is -2.07. The van der Waals surface area contributed by atoms with Crippen molar-refractivity contribution in [2.24, 2.45) is 0 Å². The van der Waals surface area contributed by atoms with Gasteiger partial charge in [0.1, 0.15) is 0 Å². The molecule has 0 aliphatic carbocycles. The van der Waals surface area contributed by atoms with Gasteiger partial charge in [-0.3, -0.25) is 4.79 Å². The van der Waals surface area contributed by atoms with Gasteiger partial charge in [0.2, 0.25) is 5.91 Å². The van der Waals surface area contributed by atoms with Crippen LogP contribution in [0, 0.1) is 0 Å². The lowest BCUT2D eigenvalue weighted by molar-refractivity contribution is -0.116. The second kappa shape index (κ2) is 9.51. The molecule has 28 heavy (non-hydrogen) atoms. The number of carbonyl (C=O) groups excluding carboxylic acids is 1. The summed E-state index contributed by atoms with van der Waals surface area (Å²) in [5.74, 6) is -1.21. The molecule has 3 rings (SSSR count). The Bertz CT molecular complexity index is 1010. The largest absolute Gasteiger partial charge is 0.478 e. The fourth-order valence-corrected chi connectivity index (χ4v) is 3.07. The van der Waals surface area contributed by atoms with Gasteiger partial charge < -0.3 is 10.4 Å². The summed E-state index contributed by atoms with van der Waals surface area (Å²) < 4.78 is 0. The number of nitrogens with one attached hydrogen (secondary N) is 1. The van der Waals surface area contributed by atoms with E-state index in [9.17, 15) is 9.59 Å². The fourth-order valence-electron chi connectivity index (χ4n) is 3.07. The third-order valence-corrected chi connectivity index (χ3v) is 4.54. The monoisotopic (exact) mass is 373 g/mol. The van der Waals surface area contributed by atoms with Gasteiger partial charge in [0.05, 0.1) is 11.3 Å². The number of allylic oxidation sites excluding steroid dienone is 1. The van der Waals surface area contributed by atoms with Crippen LogP contribution in [0.2, 0.25) is 0 Å². The molecule has 0 fully saturated rings. The standard InChI is InChI=1S/C24H23NO3/c26-23(25-22-13-8-7-12-21(22)24(27)28)14-4-2-1-3-9-18-15-16-19-10-5-6-11-20(19)17-18/h3,5-13,15-17H,1-2,4,14H2,(H,25,26)(H,27,28)/b9-3+. The molecular formula is C24H23NO3. The van der Waals surface area contributed by atoms with Crippen LogP contribution in [0.25, 0.3) is 16.8 Å². The number of hydrogen-bond acceptors (Lipinski definition) is 2. The van der Waals surface area contributed by atoms with Crippen molar-refractivity contribution in [3.8, 4) is 0 Å². The second-order valence-corrected chi connectivity index (χ2v) is 6.65. The maximum absolute atomic E-state index is 12.0. The minimum absolute atomic E-state index is 0.106. The van der Waals surface area contributed by atoms with Crippen LogP contribution in [0.5, 0.6) is 0 Å². The first-order valence-corrected chi connectivity index (χ1v) is 9.41. The van der Waals surface area contributed by atoms with E-state index in [1.54, 1.807) is 18.2 Å². The summed E-state index contributed by atoms with van der Waals surface area (Å²) >= 11 is 0. The zero-order valence-corrected chi connectivity index (χ0v) is 15.6. The molecule has 3 aromatic rings. The molecule has 0 bridgehead atoms. The molecule has 0 saturated heterocycles. The number of carbonyl (C=O) groups is 2. The molecule has 4 nitrogen and oxygen atoms in total. The van der Waals surface area contributed by atoms with Crippen LogP contribution in [-0.2, 0) is 4.79 Å². The Kier molecular flexibility index (Phi) is 6.58. The molecule has 4 heteroatoms. The van der Waals surface area contributed by atoms with Gasteiger partial charge in [-0.15, -0.1) is 0 Å². The Labute approximate surface area is 164 Å². The maximum atomic E-state index is 12.0. The fraction of sp³-hybridized carbons (Fsp3) is 0.167. The van der Waals surface area contributed by atoms with Gasteiger partial charge in [-0.25, -0.2) is 4.79 Å². The number of carboxylic acids is 1. The number of para-hydroxylation sites is 1. The smallest absolute Gasteiger partial charge is 0.337 e. The van der Waals surface area contributed by atoms with Crippen LogP contribution < -0.4 is 5.32 Å². The van der Waals surface area contributed by atoms with Crippen molar-refractivity contribution < 1.29 is 14.7 Å². The summed E-state index contributed by atoms with van der Waals surface area (Å²) in [5, 5.41) is 14.3. The number of anilines is 1. The number of unbranched alkanes of at least 4 members (excludes halogenated alkanes) is 2. The summed E-state index contributed by atoms with van der Waals surface area (Å²) in [4.78, 5) is 23.2. The Morgan fingerprint density at radius 2 is 1.64 bits per heavy atom. The molecular weight excluding hydrogens is 350 g/mol. The number of rotatable bonds is 8. The zero-order valence-electron chi connectivity index (χ0n) is 15.6.